The zero-order valence-corrected chi connectivity index (χ0v) is 8.66. The van der Waals surface area contributed by atoms with Crippen LogP contribution < -0.4 is 5.73 Å². The van der Waals surface area contributed by atoms with E-state index in [9.17, 15) is 5.11 Å². The summed E-state index contributed by atoms with van der Waals surface area (Å²) in [6, 6.07) is 3.78. The number of aliphatic hydroxyl groups is 1. The van der Waals surface area contributed by atoms with Gasteiger partial charge in [-0.15, -0.1) is 0 Å². The van der Waals surface area contributed by atoms with Crippen molar-refractivity contribution in [2.75, 3.05) is 6.54 Å². The standard InChI is InChI=1S/C11H17NO2/c1-7-5-8(7)9-3-4-10(14-9)11(2,13)6-12/h3-4,7-8,13H,5-6,12H2,1-2H3. The SMILES string of the molecule is CC1CC1c1ccc(C(C)(O)CN)o1. The molecular weight excluding hydrogens is 178 g/mol. The average Bonchev–Trinajstić information content (AvgIpc) is 2.70. The molecule has 2 rings (SSSR count). The maximum absolute atomic E-state index is 9.86. The lowest BCUT2D eigenvalue weighted by atomic mass is 10.1. The lowest BCUT2D eigenvalue weighted by Gasteiger charge is -2.17. The maximum Gasteiger partial charge on any atom is 0.136 e. The van der Waals surface area contributed by atoms with Crippen LogP contribution in [-0.2, 0) is 5.60 Å². The molecule has 0 aromatic carbocycles. The summed E-state index contributed by atoms with van der Waals surface area (Å²) in [7, 11) is 0. The number of hydrogen-bond acceptors (Lipinski definition) is 3. The molecule has 0 aliphatic heterocycles. The van der Waals surface area contributed by atoms with Gasteiger partial charge in [-0.25, -0.2) is 0 Å². The summed E-state index contributed by atoms with van der Waals surface area (Å²) in [5, 5.41) is 9.86. The zero-order valence-electron chi connectivity index (χ0n) is 8.66. The number of furan rings is 1. The third-order valence-corrected chi connectivity index (χ3v) is 3.03. The van der Waals surface area contributed by atoms with E-state index in [0.717, 1.165) is 11.7 Å². The maximum atomic E-state index is 9.86. The molecule has 0 radical (unpaired) electrons. The van der Waals surface area contributed by atoms with Crippen molar-refractivity contribution in [3.63, 3.8) is 0 Å². The third kappa shape index (κ3) is 1.57. The van der Waals surface area contributed by atoms with Gasteiger partial charge in [0.1, 0.15) is 17.1 Å². The van der Waals surface area contributed by atoms with Crippen LogP contribution in [0.3, 0.4) is 0 Å². The van der Waals surface area contributed by atoms with Gasteiger partial charge >= 0.3 is 0 Å². The lowest BCUT2D eigenvalue weighted by Crippen LogP contribution is -2.30. The van der Waals surface area contributed by atoms with Crippen molar-refractivity contribution in [2.45, 2.75) is 31.8 Å². The van der Waals surface area contributed by atoms with E-state index in [2.05, 4.69) is 6.92 Å². The Labute approximate surface area is 83.9 Å². The summed E-state index contributed by atoms with van der Waals surface area (Å²) in [6.07, 6.45) is 1.19. The molecule has 14 heavy (non-hydrogen) atoms. The highest BCUT2D eigenvalue weighted by atomic mass is 16.4. The third-order valence-electron chi connectivity index (χ3n) is 3.03. The largest absolute Gasteiger partial charge is 0.463 e. The molecular formula is C11H17NO2. The molecule has 1 heterocycles. The molecule has 1 aromatic heterocycles. The molecule has 3 heteroatoms. The second-order valence-electron chi connectivity index (χ2n) is 4.50. The van der Waals surface area contributed by atoms with Crippen molar-refractivity contribution in [3.05, 3.63) is 23.7 Å². The van der Waals surface area contributed by atoms with Gasteiger partial charge < -0.3 is 15.3 Å². The highest BCUT2D eigenvalue weighted by molar-refractivity contribution is 5.20. The normalized spacial score (nSPS) is 30.0. The van der Waals surface area contributed by atoms with Crippen molar-refractivity contribution >= 4 is 0 Å². The molecule has 0 saturated heterocycles. The monoisotopic (exact) mass is 195 g/mol. The first-order valence-corrected chi connectivity index (χ1v) is 5.07. The molecule has 0 amide bonds. The molecule has 0 bridgehead atoms. The summed E-state index contributed by atoms with van der Waals surface area (Å²) in [4.78, 5) is 0. The van der Waals surface area contributed by atoms with E-state index in [-0.39, 0.29) is 6.54 Å². The number of rotatable bonds is 3. The zero-order chi connectivity index (χ0) is 10.3. The number of hydrogen-bond donors (Lipinski definition) is 2. The Kier molecular flexibility index (Phi) is 2.16. The van der Waals surface area contributed by atoms with E-state index in [1.807, 2.05) is 12.1 Å². The fraction of sp³-hybridized carbons (Fsp3) is 0.636. The second-order valence-corrected chi connectivity index (χ2v) is 4.50. The van der Waals surface area contributed by atoms with Crippen LogP contribution in [0.1, 0.15) is 37.7 Å². The summed E-state index contributed by atoms with van der Waals surface area (Å²) in [6.45, 7) is 4.06. The van der Waals surface area contributed by atoms with E-state index in [0.29, 0.717) is 11.7 Å². The quantitative estimate of drug-likeness (QED) is 0.769. The van der Waals surface area contributed by atoms with Crippen LogP contribution in [0.15, 0.2) is 16.5 Å². The van der Waals surface area contributed by atoms with Crippen LogP contribution in [0.25, 0.3) is 0 Å². The molecule has 0 spiro atoms. The lowest BCUT2D eigenvalue weighted by molar-refractivity contribution is 0.0421. The molecule has 1 fully saturated rings. The Morgan fingerprint density at radius 1 is 1.64 bits per heavy atom. The van der Waals surface area contributed by atoms with Crippen LogP contribution in [0.5, 0.6) is 0 Å². The predicted octanol–water partition coefficient (Wildman–Crippen LogP) is 1.57. The van der Waals surface area contributed by atoms with Gasteiger partial charge in [0.15, 0.2) is 0 Å². The topological polar surface area (TPSA) is 59.4 Å². The highest BCUT2D eigenvalue weighted by Crippen LogP contribution is 2.47. The molecule has 1 aliphatic rings. The molecule has 1 aliphatic carbocycles. The first-order chi connectivity index (χ1) is 6.54. The van der Waals surface area contributed by atoms with Gasteiger partial charge in [0, 0.05) is 12.5 Å². The van der Waals surface area contributed by atoms with Gasteiger partial charge in [-0.1, -0.05) is 6.92 Å². The Morgan fingerprint density at radius 2 is 2.29 bits per heavy atom. The molecule has 1 aromatic rings. The van der Waals surface area contributed by atoms with Gasteiger partial charge in [0.2, 0.25) is 0 Å². The fourth-order valence-electron chi connectivity index (χ4n) is 1.66. The molecule has 3 atom stereocenters. The first-order valence-electron chi connectivity index (χ1n) is 5.07. The van der Waals surface area contributed by atoms with Crippen LogP contribution in [0, 0.1) is 5.92 Å². The Morgan fingerprint density at radius 3 is 2.79 bits per heavy atom. The Balaban J connectivity index is 2.17. The van der Waals surface area contributed by atoms with E-state index in [4.69, 9.17) is 10.2 Å². The minimum absolute atomic E-state index is 0.181. The summed E-state index contributed by atoms with van der Waals surface area (Å²) >= 11 is 0. The molecule has 3 N–H and O–H groups in total. The predicted molar refractivity (Wildman–Crippen MR) is 53.9 cm³/mol. The van der Waals surface area contributed by atoms with E-state index >= 15 is 0 Å². The Bertz CT molecular complexity index is 330. The fourth-order valence-corrected chi connectivity index (χ4v) is 1.66. The molecule has 78 valence electrons. The van der Waals surface area contributed by atoms with Crippen molar-refractivity contribution in [1.82, 2.24) is 0 Å². The smallest absolute Gasteiger partial charge is 0.136 e. The minimum atomic E-state index is -1.03. The Hall–Kier alpha value is -0.800. The number of nitrogens with two attached hydrogens (primary N) is 1. The van der Waals surface area contributed by atoms with Crippen molar-refractivity contribution in [1.29, 1.82) is 0 Å². The molecule has 1 saturated carbocycles. The average molecular weight is 195 g/mol. The minimum Gasteiger partial charge on any atom is -0.463 e. The van der Waals surface area contributed by atoms with Crippen LogP contribution in [0.4, 0.5) is 0 Å². The summed E-state index contributed by atoms with van der Waals surface area (Å²) in [5.41, 5.74) is 4.43. The van der Waals surface area contributed by atoms with Crippen LogP contribution in [0.2, 0.25) is 0 Å². The summed E-state index contributed by atoms with van der Waals surface area (Å²) in [5.74, 6) is 2.84. The summed E-state index contributed by atoms with van der Waals surface area (Å²) < 4.78 is 5.60. The van der Waals surface area contributed by atoms with Crippen molar-refractivity contribution < 1.29 is 9.52 Å². The van der Waals surface area contributed by atoms with E-state index in [1.165, 1.54) is 6.42 Å². The van der Waals surface area contributed by atoms with Crippen molar-refractivity contribution in [2.24, 2.45) is 11.7 Å². The first kappa shape index (κ1) is 9.74. The van der Waals surface area contributed by atoms with Crippen LogP contribution in [-0.4, -0.2) is 11.7 Å². The molecule has 3 nitrogen and oxygen atoms in total. The van der Waals surface area contributed by atoms with Crippen LogP contribution >= 0.6 is 0 Å². The van der Waals surface area contributed by atoms with Gasteiger partial charge in [0.05, 0.1) is 0 Å². The van der Waals surface area contributed by atoms with Crippen molar-refractivity contribution in [3.8, 4) is 0 Å². The van der Waals surface area contributed by atoms with E-state index in [1.54, 1.807) is 6.92 Å². The van der Waals surface area contributed by atoms with Gasteiger partial charge in [-0.05, 0) is 31.4 Å². The van der Waals surface area contributed by atoms with Gasteiger partial charge in [-0.2, -0.15) is 0 Å². The van der Waals surface area contributed by atoms with Gasteiger partial charge in [-0.3, -0.25) is 0 Å². The molecule has 3 unspecified atom stereocenters. The van der Waals surface area contributed by atoms with E-state index < -0.39 is 5.60 Å². The highest BCUT2D eigenvalue weighted by Gasteiger charge is 2.37. The van der Waals surface area contributed by atoms with Gasteiger partial charge in [0.25, 0.3) is 0 Å². The second kappa shape index (κ2) is 3.11.